The molecular formula is C23H21Cl2NTi-2. The molecule has 0 radical (unpaired) electrons. The monoisotopic (exact) mass is 429 g/mol. The van der Waals surface area contributed by atoms with Gasteiger partial charge in [-0.15, -0.1) is 28.8 Å². The second-order valence-corrected chi connectivity index (χ2v) is 6.00. The normalized spacial score (nSPS) is 11.6. The van der Waals surface area contributed by atoms with Gasteiger partial charge in [-0.1, -0.05) is 83.3 Å². The second-order valence-electron chi connectivity index (χ2n) is 6.00. The van der Waals surface area contributed by atoms with Gasteiger partial charge in [0.15, 0.2) is 0 Å². The SMILES string of the molecule is [CH2-]c1c(C2=CC(C)=CC2)ccc2ccccc12.[Cl-].[Cl-].[NH-]c1ccccc1.[Ti+2]. The minimum Gasteiger partial charge on any atom is -1.00 e. The standard InChI is InChI=1S/C17H15.C6H6N.2ClH.Ti/c1-12-7-8-15(11-12)17-10-9-14-5-3-4-6-16(14)13(17)2;7-6-4-2-1-3-5-6;;;/h3-7,9-11H,2,8H2,1H3;1-5,7H;2*1H;/q2*-1;;;+2/p-2. The molecule has 3 aromatic rings. The van der Waals surface area contributed by atoms with E-state index in [0.29, 0.717) is 5.69 Å². The molecule has 0 spiro atoms. The summed E-state index contributed by atoms with van der Waals surface area (Å²) in [4.78, 5) is 0. The Balaban J connectivity index is 0.000000585. The Morgan fingerprint density at radius 1 is 0.852 bits per heavy atom. The average molecular weight is 430 g/mol. The van der Waals surface area contributed by atoms with E-state index in [9.17, 15) is 0 Å². The Hall–Kier alpha value is -1.64. The molecule has 0 unspecified atom stereocenters. The van der Waals surface area contributed by atoms with E-state index in [4.69, 9.17) is 5.73 Å². The largest absolute Gasteiger partial charge is 2.00 e. The van der Waals surface area contributed by atoms with Gasteiger partial charge in [0.05, 0.1) is 0 Å². The third-order valence-corrected chi connectivity index (χ3v) is 4.21. The van der Waals surface area contributed by atoms with Crippen molar-refractivity contribution in [2.45, 2.75) is 13.3 Å². The molecule has 0 amide bonds. The number of hydrogen-bond donors (Lipinski definition) is 0. The van der Waals surface area contributed by atoms with E-state index in [0.717, 1.165) is 12.0 Å². The molecule has 0 saturated carbocycles. The fourth-order valence-corrected chi connectivity index (χ4v) is 2.93. The molecule has 1 nitrogen and oxygen atoms in total. The summed E-state index contributed by atoms with van der Waals surface area (Å²) in [7, 11) is 0. The van der Waals surface area contributed by atoms with Crippen molar-refractivity contribution in [3.63, 3.8) is 0 Å². The summed E-state index contributed by atoms with van der Waals surface area (Å²) in [6.45, 7) is 6.40. The molecule has 0 fully saturated rings. The zero-order valence-electron chi connectivity index (χ0n) is 15.2. The van der Waals surface area contributed by atoms with E-state index in [1.54, 1.807) is 12.1 Å². The quantitative estimate of drug-likeness (QED) is 0.409. The fraction of sp³-hybridized carbons (Fsp3) is 0.0870. The van der Waals surface area contributed by atoms with E-state index in [1.165, 1.54) is 27.5 Å². The molecule has 4 rings (SSSR count). The van der Waals surface area contributed by atoms with E-state index in [1.807, 2.05) is 18.2 Å². The molecule has 0 atom stereocenters. The third-order valence-electron chi connectivity index (χ3n) is 4.21. The Morgan fingerprint density at radius 3 is 2.04 bits per heavy atom. The molecule has 4 heteroatoms. The minimum absolute atomic E-state index is 0. The van der Waals surface area contributed by atoms with Crippen molar-refractivity contribution in [3.05, 3.63) is 108 Å². The van der Waals surface area contributed by atoms with Gasteiger partial charge < -0.3 is 30.5 Å². The molecule has 0 aromatic heterocycles. The first-order valence-electron chi connectivity index (χ1n) is 8.13. The van der Waals surface area contributed by atoms with Crippen LogP contribution in [0, 0.1) is 6.92 Å². The van der Waals surface area contributed by atoms with Gasteiger partial charge in [-0.2, -0.15) is 12.5 Å². The van der Waals surface area contributed by atoms with E-state index < -0.39 is 0 Å². The summed E-state index contributed by atoms with van der Waals surface area (Å²) in [6, 6.07) is 21.9. The van der Waals surface area contributed by atoms with Crippen LogP contribution in [0.25, 0.3) is 22.1 Å². The smallest absolute Gasteiger partial charge is 1.00 e. The van der Waals surface area contributed by atoms with Gasteiger partial charge in [-0.25, -0.2) is 0 Å². The average Bonchev–Trinajstić information content (AvgIpc) is 3.03. The summed E-state index contributed by atoms with van der Waals surface area (Å²) in [5.41, 5.74) is 12.7. The van der Waals surface area contributed by atoms with Crippen molar-refractivity contribution < 1.29 is 46.5 Å². The molecule has 1 N–H and O–H groups in total. The Labute approximate surface area is 189 Å². The molecular weight excluding hydrogens is 409 g/mol. The first kappa shape index (κ1) is 25.4. The van der Waals surface area contributed by atoms with Gasteiger partial charge >= 0.3 is 21.7 Å². The number of nitrogens with one attached hydrogen (secondary N) is 1. The maximum absolute atomic E-state index is 7.00. The van der Waals surface area contributed by atoms with Gasteiger partial charge in [0, 0.05) is 0 Å². The van der Waals surface area contributed by atoms with Crippen LogP contribution < -0.4 is 24.8 Å². The van der Waals surface area contributed by atoms with Crippen LogP contribution in [0.2, 0.25) is 0 Å². The number of halogens is 2. The summed E-state index contributed by atoms with van der Waals surface area (Å²) in [5, 5.41) is 2.53. The number of benzene rings is 3. The maximum Gasteiger partial charge on any atom is 2.00 e. The Morgan fingerprint density at radius 2 is 1.48 bits per heavy atom. The van der Waals surface area contributed by atoms with Crippen molar-refractivity contribution in [1.82, 2.24) is 0 Å². The fourth-order valence-electron chi connectivity index (χ4n) is 2.93. The summed E-state index contributed by atoms with van der Waals surface area (Å²) >= 11 is 0. The number of rotatable bonds is 1. The molecule has 1 aliphatic rings. The van der Waals surface area contributed by atoms with Gasteiger partial charge in [-0.05, 0) is 13.3 Å². The molecule has 0 saturated heterocycles. The zero-order chi connectivity index (χ0) is 16.9. The Bertz CT molecular complexity index is 918. The summed E-state index contributed by atoms with van der Waals surface area (Å²) in [5.74, 6) is 0. The van der Waals surface area contributed by atoms with Crippen LogP contribution in [0.5, 0.6) is 0 Å². The Kier molecular flexibility index (Phi) is 11.2. The van der Waals surface area contributed by atoms with Crippen LogP contribution in [0.1, 0.15) is 24.5 Å². The number of hydrogen-bond acceptors (Lipinski definition) is 0. The molecule has 0 aliphatic heterocycles. The first-order valence-corrected chi connectivity index (χ1v) is 8.13. The summed E-state index contributed by atoms with van der Waals surface area (Å²) in [6.07, 6.45) is 5.56. The molecule has 138 valence electrons. The number of fused-ring (bicyclic) bond motifs is 1. The van der Waals surface area contributed by atoms with Crippen molar-refractivity contribution in [3.8, 4) is 0 Å². The molecule has 1 aliphatic carbocycles. The van der Waals surface area contributed by atoms with Crippen molar-refractivity contribution in [2.24, 2.45) is 0 Å². The van der Waals surface area contributed by atoms with Crippen LogP contribution in [0.4, 0.5) is 5.69 Å². The van der Waals surface area contributed by atoms with E-state index in [-0.39, 0.29) is 46.5 Å². The van der Waals surface area contributed by atoms with Crippen molar-refractivity contribution >= 4 is 22.0 Å². The molecule has 0 bridgehead atoms. The van der Waals surface area contributed by atoms with Gasteiger partial charge in [0.1, 0.15) is 0 Å². The topological polar surface area (TPSA) is 23.8 Å². The molecule has 0 heterocycles. The van der Waals surface area contributed by atoms with Crippen LogP contribution >= 0.6 is 0 Å². The second kappa shape index (κ2) is 11.9. The molecule has 27 heavy (non-hydrogen) atoms. The van der Waals surface area contributed by atoms with Gasteiger partial charge in [-0.3, -0.25) is 0 Å². The van der Waals surface area contributed by atoms with E-state index in [2.05, 4.69) is 62.4 Å². The van der Waals surface area contributed by atoms with Crippen molar-refractivity contribution in [1.29, 1.82) is 0 Å². The predicted molar refractivity (Wildman–Crippen MR) is 105 cm³/mol. The van der Waals surface area contributed by atoms with Crippen molar-refractivity contribution in [2.75, 3.05) is 0 Å². The van der Waals surface area contributed by atoms with Crippen LogP contribution in [0.3, 0.4) is 0 Å². The first-order chi connectivity index (χ1) is 11.6. The number of allylic oxidation sites excluding steroid dienone is 4. The van der Waals surface area contributed by atoms with E-state index >= 15 is 0 Å². The minimum atomic E-state index is 0. The van der Waals surface area contributed by atoms with Gasteiger partial charge in [0.2, 0.25) is 0 Å². The van der Waals surface area contributed by atoms with Gasteiger partial charge in [0.25, 0.3) is 0 Å². The third kappa shape index (κ3) is 6.48. The zero-order valence-corrected chi connectivity index (χ0v) is 18.2. The van der Waals surface area contributed by atoms with Crippen LogP contribution in [-0.2, 0) is 21.7 Å². The maximum atomic E-state index is 7.00. The van der Waals surface area contributed by atoms with Crippen LogP contribution in [-0.4, -0.2) is 0 Å². The predicted octanol–water partition coefficient (Wildman–Crippen LogP) is 1.13. The molecule has 3 aromatic carbocycles. The summed E-state index contributed by atoms with van der Waals surface area (Å²) < 4.78 is 0. The van der Waals surface area contributed by atoms with Crippen LogP contribution in [0.15, 0.2) is 84.5 Å².